The number of carbonyl (C=O) groups excluding carboxylic acids is 3. The predicted molar refractivity (Wildman–Crippen MR) is 100 cm³/mol. The maximum atomic E-state index is 12.9. The van der Waals surface area contributed by atoms with Gasteiger partial charge in [-0.25, -0.2) is 0 Å². The lowest BCUT2D eigenvalue weighted by Crippen LogP contribution is -2.47. The van der Waals surface area contributed by atoms with Gasteiger partial charge in [-0.05, 0) is 36.8 Å². The van der Waals surface area contributed by atoms with Crippen molar-refractivity contribution in [1.29, 1.82) is 0 Å². The van der Waals surface area contributed by atoms with E-state index in [1.807, 2.05) is 6.92 Å². The Morgan fingerprint density at radius 1 is 1.08 bits per heavy atom. The first-order chi connectivity index (χ1) is 12.5. The molecular formula is C20H19ClN2O3. The highest BCUT2D eigenvalue weighted by Crippen LogP contribution is 2.27. The van der Waals surface area contributed by atoms with E-state index in [0.29, 0.717) is 28.3 Å². The molecule has 0 saturated heterocycles. The molecule has 1 aliphatic rings. The Balaban J connectivity index is 1.88. The molecule has 0 radical (unpaired) electrons. The zero-order valence-electron chi connectivity index (χ0n) is 14.4. The molecule has 26 heavy (non-hydrogen) atoms. The minimum Gasteiger partial charge on any atom is -0.324 e. The summed E-state index contributed by atoms with van der Waals surface area (Å²) in [5.41, 5.74) is 1.21. The van der Waals surface area contributed by atoms with Crippen LogP contribution in [-0.4, -0.2) is 28.7 Å². The van der Waals surface area contributed by atoms with Crippen molar-refractivity contribution in [2.24, 2.45) is 0 Å². The third-order valence-corrected chi connectivity index (χ3v) is 4.60. The summed E-state index contributed by atoms with van der Waals surface area (Å²) in [6, 6.07) is 12.5. The molecule has 0 aliphatic carbocycles. The number of carbonyl (C=O) groups is 3. The summed E-state index contributed by atoms with van der Waals surface area (Å²) < 4.78 is 0. The molecular weight excluding hydrogens is 352 g/mol. The molecule has 0 fully saturated rings. The number of fused-ring (bicyclic) bond motifs is 1. The molecule has 1 N–H and O–H groups in total. The Bertz CT molecular complexity index is 831. The SMILES string of the molecule is CCCCC(C(=O)Nc1cccc(Cl)c1)N1C(=O)c2ccccc2C1=O. The number of anilines is 1. The first kappa shape index (κ1) is 18.1. The smallest absolute Gasteiger partial charge is 0.262 e. The van der Waals surface area contributed by atoms with Crippen molar-refractivity contribution in [3.63, 3.8) is 0 Å². The van der Waals surface area contributed by atoms with E-state index in [1.165, 1.54) is 0 Å². The molecule has 1 heterocycles. The molecule has 2 aromatic rings. The topological polar surface area (TPSA) is 66.5 Å². The molecule has 6 heteroatoms. The van der Waals surface area contributed by atoms with Gasteiger partial charge >= 0.3 is 0 Å². The van der Waals surface area contributed by atoms with Gasteiger partial charge in [-0.1, -0.05) is 49.6 Å². The van der Waals surface area contributed by atoms with Crippen LogP contribution in [0.15, 0.2) is 48.5 Å². The van der Waals surface area contributed by atoms with Crippen LogP contribution in [-0.2, 0) is 4.79 Å². The van der Waals surface area contributed by atoms with Crippen molar-refractivity contribution in [3.05, 3.63) is 64.7 Å². The monoisotopic (exact) mass is 370 g/mol. The zero-order valence-corrected chi connectivity index (χ0v) is 15.1. The van der Waals surface area contributed by atoms with E-state index in [2.05, 4.69) is 5.32 Å². The Labute approximate surface area is 156 Å². The van der Waals surface area contributed by atoms with Gasteiger partial charge in [-0.3, -0.25) is 19.3 Å². The first-order valence-corrected chi connectivity index (χ1v) is 8.94. The van der Waals surface area contributed by atoms with E-state index >= 15 is 0 Å². The molecule has 134 valence electrons. The predicted octanol–water partition coefficient (Wildman–Crippen LogP) is 4.13. The zero-order chi connectivity index (χ0) is 18.7. The van der Waals surface area contributed by atoms with Crippen molar-refractivity contribution in [3.8, 4) is 0 Å². The Kier molecular flexibility index (Phi) is 5.38. The number of benzene rings is 2. The molecule has 3 rings (SSSR count). The minimum absolute atomic E-state index is 0.342. The van der Waals surface area contributed by atoms with Crippen LogP contribution in [0, 0.1) is 0 Å². The van der Waals surface area contributed by atoms with Gasteiger partial charge < -0.3 is 5.32 Å². The van der Waals surface area contributed by atoms with E-state index in [9.17, 15) is 14.4 Å². The van der Waals surface area contributed by atoms with Gasteiger partial charge in [-0.2, -0.15) is 0 Å². The van der Waals surface area contributed by atoms with E-state index in [-0.39, 0.29) is 0 Å². The second-order valence-electron chi connectivity index (χ2n) is 6.18. The Morgan fingerprint density at radius 2 is 1.73 bits per heavy atom. The van der Waals surface area contributed by atoms with Crippen LogP contribution in [0.3, 0.4) is 0 Å². The number of rotatable bonds is 6. The fourth-order valence-electron chi connectivity index (χ4n) is 3.06. The molecule has 1 atom stereocenters. The summed E-state index contributed by atoms with van der Waals surface area (Å²) >= 11 is 5.96. The van der Waals surface area contributed by atoms with Crippen LogP contribution in [0.25, 0.3) is 0 Å². The van der Waals surface area contributed by atoms with Crippen molar-refractivity contribution in [2.45, 2.75) is 32.2 Å². The summed E-state index contributed by atoms with van der Waals surface area (Å²) in [5.74, 6) is -1.24. The number of amides is 3. The highest BCUT2D eigenvalue weighted by molar-refractivity contribution is 6.31. The average Bonchev–Trinajstić information content (AvgIpc) is 2.87. The van der Waals surface area contributed by atoms with Gasteiger partial charge in [0.05, 0.1) is 11.1 Å². The largest absolute Gasteiger partial charge is 0.324 e. The summed E-state index contributed by atoms with van der Waals surface area (Å²) in [6.07, 6.45) is 1.99. The third kappa shape index (κ3) is 3.48. The van der Waals surface area contributed by atoms with Crippen LogP contribution < -0.4 is 5.32 Å². The fourth-order valence-corrected chi connectivity index (χ4v) is 3.25. The highest BCUT2D eigenvalue weighted by Gasteiger charge is 2.42. The van der Waals surface area contributed by atoms with Gasteiger partial charge in [0.1, 0.15) is 6.04 Å². The number of nitrogens with one attached hydrogen (secondary N) is 1. The maximum absolute atomic E-state index is 12.9. The fraction of sp³-hybridized carbons (Fsp3) is 0.250. The number of halogens is 1. The van der Waals surface area contributed by atoms with Gasteiger partial charge in [0.25, 0.3) is 11.8 Å². The number of nitrogens with zero attached hydrogens (tertiary/aromatic N) is 1. The maximum Gasteiger partial charge on any atom is 0.262 e. The van der Waals surface area contributed by atoms with Crippen LogP contribution in [0.5, 0.6) is 0 Å². The number of unbranched alkanes of at least 4 members (excludes halogenated alkanes) is 1. The summed E-state index contributed by atoms with van der Waals surface area (Å²) in [7, 11) is 0. The van der Waals surface area contributed by atoms with Gasteiger partial charge in [0.2, 0.25) is 5.91 Å². The van der Waals surface area contributed by atoms with E-state index in [4.69, 9.17) is 11.6 Å². The second-order valence-corrected chi connectivity index (χ2v) is 6.62. The van der Waals surface area contributed by atoms with Crippen molar-refractivity contribution in [2.75, 3.05) is 5.32 Å². The normalized spacial score (nSPS) is 14.3. The lowest BCUT2D eigenvalue weighted by atomic mass is 10.1. The second kappa shape index (κ2) is 7.70. The molecule has 0 spiro atoms. The summed E-state index contributed by atoms with van der Waals surface area (Å²) in [4.78, 5) is 39.4. The van der Waals surface area contributed by atoms with Crippen LogP contribution in [0.2, 0.25) is 5.02 Å². The lowest BCUT2D eigenvalue weighted by molar-refractivity contribution is -0.120. The third-order valence-electron chi connectivity index (χ3n) is 4.36. The Morgan fingerprint density at radius 3 is 2.31 bits per heavy atom. The van der Waals surface area contributed by atoms with Crippen molar-refractivity contribution >= 4 is 35.0 Å². The molecule has 1 aliphatic heterocycles. The van der Waals surface area contributed by atoms with Crippen LogP contribution >= 0.6 is 11.6 Å². The average molecular weight is 371 g/mol. The van der Waals surface area contributed by atoms with Crippen molar-refractivity contribution < 1.29 is 14.4 Å². The van der Waals surface area contributed by atoms with E-state index in [1.54, 1.807) is 48.5 Å². The lowest BCUT2D eigenvalue weighted by Gasteiger charge is -2.25. The molecule has 1 unspecified atom stereocenters. The quantitative estimate of drug-likeness (QED) is 0.777. The first-order valence-electron chi connectivity index (χ1n) is 8.56. The molecule has 0 saturated carbocycles. The number of hydrogen-bond donors (Lipinski definition) is 1. The Hall–Kier alpha value is -2.66. The van der Waals surface area contributed by atoms with Crippen molar-refractivity contribution in [1.82, 2.24) is 4.90 Å². The highest BCUT2D eigenvalue weighted by atomic mass is 35.5. The molecule has 0 bridgehead atoms. The van der Waals surface area contributed by atoms with E-state index in [0.717, 1.165) is 17.7 Å². The summed E-state index contributed by atoms with van der Waals surface area (Å²) in [5, 5.41) is 3.26. The molecule has 2 aromatic carbocycles. The van der Waals surface area contributed by atoms with Gasteiger partial charge in [0, 0.05) is 10.7 Å². The molecule has 0 aromatic heterocycles. The van der Waals surface area contributed by atoms with Crippen LogP contribution in [0.1, 0.15) is 46.9 Å². The van der Waals surface area contributed by atoms with E-state index < -0.39 is 23.8 Å². The number of hydrogen-bond acceptors (Lipinski definition) is 3. The van der Waals surface area contributed by atoms with Crippen LogP contribution in [0.4, 0.5) is 5.69 Å². The molecule has 5 nitrogen and oxygen atoms in total. The summed E-state index contributed by atoms with van der Waals surface area (Å²) in [6.45, 7) is 1.99. The number of imide groups is 1. The van der Waals surface area contributed by atoms with Gasteiger partial charge in [0.15, 0.2) is 0 Å². The minimum atomic E-state index is -0.860. The molecule has 3 amide bonds. The van der Waals surface area contributed by atoms with Gasteiger partial charge in [-0.15, -0.1) is 0 Å². The standard InChI is InChI=1S/C20H19ClN2O3/c1-2-3-11-17(18(24)22-14-8-6-7-13(21)12-14)23-19(25)15-9-4-5-10-16(15)20(23)26/h4-10,12,17H,2-3,11H2,1H3,(H,22,24).